The van der Waals surface area contributed by atoms with Crippen LogP contribution in [0.25, 0.3) is 0 Å². The summed E-state index contributed by atoms with van der Waals surface area (Å²) in [6.07, 6.45) is 2.66. The number of hydrogen-bond donors (Lipinski definition) is 1. The Hall–Kier alpha value is -1.68. The number of hydrogen-bond acceptors (Lipinski definition) is 3. The molecule has 0 aliphatic heterocycles. The average molecular weight is 231 g/mol. The summed E-state index contributed by atoms with van der Waals surface area (Å²) >= 11 is 1.65. The summed E-state index contributed by atoms with van der Waals surface area (Å²) in [5.74, 6) is 0.595. The summed E-state index contributed by atoms with van der Waals surface area (Å²) in [5.41, 5.74) is 6.84. The van der Waals surface area contributed by atoms with E-state index in [1.165, 1.54) is 0 Å². The number of thiazole rings is 1. The smallest absolute Gasteiger partial charge is 0.125 e. The molecule has 0 spiro atoms. The monoisotopic (exact) mass is 231 g/mol. The highest BCUT2D eigenvalue weighted by Gasteiger charge is 1.97. The number of benzene rings is 1. The van der Waals surface area contributed by atoms with Gasteiger partial charge in [0, 0.05) is 30.1 Å². The number of nitrogens with zero attached hydrogens (tertiary/aromatic N) is 2. The first kappa shape index (κ1) is 10.8. The molecule has 82 valence electrons. The lowest BCUT2D eigenvalue weighted by Crippen LogP contribution is -2.14. The van der Waals surface area contributed by atoms with Gasteiger partial charge in [-0.05, 0) is 0 Å². The molecule has 16 heavy (non-hydrogen) atoms. The van der Waals surface area contributed by atoms with Gasteiger partial charge in [0.25, 0.3) is 0 Å². The molecule has 0 amide bonds. The molecule has 0 fully saturated rings. The molecule has 0 atom stereocenters. The minimum atomic E-state index is 0.595. The Morgan fingerprint density at radius 3 is 2.81 bits per heavy atom. The Bertz CT molecular complexity index is 448. The van der Waals surface area contributed by atoms with E-state index in [0.717, 1.165) is 17.0 Å². The Morgan fingerprint density at radius 1 is 1.31 bits per heavy atom. The van der Waals surface area contributed by atoms with Crippen LogP contribution in [0.3, 0.4) is 0 Å². The molecule has 2 rings (SSSR count). The fourth-order valence-corrected chi connectivity index (χ4v) is 1.96. The first-order valence-electron chi connectivity index (χ1n) is 5.10. The molecule has 0 radical (unpaired) electrons. The van der Waals surface area contributed by atoms with E-state index in [1.807, 2.05) is 41.9 Å². The fourth-order valence-electron chi connectivity index (χ4n) is 1.35. The number of aromatic nitrogens is 1. The minimum Gasteiger partial charge on any atom is -0.384 e. The van der Waals surface area contributed by atoms with Gasteiger partial charge in [-0.3, -0.25) is 4.99 Å². The van der Waals surface area contributed by atoms with Crippen molar-refractivity contribution >= 4 is 17.2 Å². The standard InChI is InChI=1S/C12H13N3S/c13-12(10-4-2-1-3-5-10)15-7-6-11-14-8-9-16-11/h1-5,8-9H,6-7H2,(H2,13,15). The average Bonchev–Trinajstić information content (AvgIpc) is 2.83. The molecule has 4 heteroatoms. The molecule has 2 N–H and O–H groups in total. The van der Waals surface area contributed by atoms with E-state index in [1.54, 1.807) is 11.3 Å². The third-order valence-corrected chi connectivity index (χ3v) is 3.00. The molecule has 0 aliphatic rings. The molecule has 0 bridgehead atoms. The maximum Gasteiger partial charge on any atom is 0.125 e. The van der Waals surface area contributed by atoms with Crippen molar-refractivity contribution in [1.29, 1.82) is 0 Å². The predicted octanol–water partition coefficient (Wildman–Crippen LogP) is 2.09. The van der Waals surface area contributed by atoms with Crippen LogP contribution in [0, 0.1) is 0 Å². The van der Waals surface area contributed by atoms with E-state index in [0.29, 0.717) is 12.4 Å². The van der Waals surface area contributed by atoms with E-state index in [4.69, 9.17) is 5.73 Å². The summed E-state index contributed by atoms with van der Waals surface area (Å²) in [6.45, 7) is 0.689. The molecular formula is C12H13N3S. The van der Waals surface area contributed by atoms with Gasteiger partial charge in [-0.25, -0.2) is 4.98 Å². The molecule has 1 heterocycles. The number of amidine groups is 1. The van der Waals surface area contributed by atoms with Gasteiger partial charge in [-0.2, -0.15) is 0 Å². The summed E-state index contributed by atoms with van der Waals surface area (Å²) in [5, 5.41) is 3.07. The second-order valence-corrected chi connectivity index (χ2v) is 4.29. The maximum atomic E-state index is 5.87. The van der Waals surface area contributed by atoms with Gasteiger partial charge in [0.2, 0.25) is 0 Å². The highest BCUT2D eigenvalue weighted by Crippen LogP contribution is 2.05. The van der Waals surface area contributed by atoms with Crippen LogP contribution in [-0.4, -0.2) is 17.4 Å². The highest BCUT2D eigenvalue weighted by atomic mass is 32.1. The van der Waals surface area contributed by atoms with E-state index in [-0.39, 0.29) is 0 Å². The van der Waals surface area contributed by atoms with Crippen LogP contribution in [0.4, 0.5) is 0 Å². The van der Waals surface area contributed by atoms with Gasteiger partial charge in [-0.15, -0.1) is 11.3 Å². The number of aliphatic imine (C=N–C) groups is 1. The molecule has 1 aromatic heterocycles. The Morgan fingerprint density at radius 2 is 2.12 bits per heavy atom. The van der Waals surface area contributed by atoms with Gasteiger partial charge >= 0.3 is 0 Å². The van der Waals surface area contributed by atoms with E-state index in [2.05, 4.69) is 9.98 Å². The predicted molar refractivity (Wildman–Crippen MR) is 67.9 cm³/mol. The molecule has 3 nitrogen and oxygen atoms in total. The number of rotatable bonds is 4. The van der Waals surface area contributed by atoms with Crippen molar-refractivity contribution in [2.45, 2.75) is 6.42 Å². The number of nitrogens with two attached hydrogens (primary N) is 1. The van der Waals surface area contributed by atoms with Gasteiger partial charge in [-0.1, -0.05) is 30.3 Å². The fraction of sp³-hybridized carbons (Fsp3) is 0.167. The van der Waals surface area contributed by atoms with Crippen molar-refractivity contribution in [3.63, 3.8) is 0 Å². The molecule has 1 aromatic carbocycles. The topological polar surface area (TPSA) is 51.3 Å². The second kappa shape index (κ2) is 5.42. The summed E-state index contributed by atoms with van der Waals surface area (Å²) in [7, 11) is 0. The van der Waals surface area contributed by atoms with Crippen molar-refractivity contribution in [2.75, 3.05) is 6.54 Å². The maximum absolute atomic E-state index is 5.87. The molecular weight excluding hydrogens is 218 g/mol. The normalized spacial score (nSPS) is 11.6. The largest absolute Gasteiger partial charge is 0.384 e. The lowest BCUT2D eigenvalue weighted by molar-refractivity contribution is 0.950. The van der Waals surface area contributed by atoms with Crippen molar-refractivity contribution in [1.82, 2.24) is 4.98 Å². The first-order chi connectivity index (χ1) is 7.86. The van der Waals surface area contributed by atoms with E-state index < -0.39 is 0 Å². The van der Waals surface area contributed by atoms with Gasteiger partial charge in [0.1, 0.15) is 5.84 Å². The third-order valence-electron chi connectivity index (χ3n) is 2.16. The van der Waals surface area contributed by atoms with Crippen LogP contribution in [0.1, 0.15) is 10.6 Å². The molecule has 0 saturated heterocycles. The first-order valence-corrected chi connectivity index (χ1v) is 5.98. The van der Waals surface area contributed by atoms with Crippen LogP contribution in [0.15, 0.2) is 46.9 Å². The second-order valence-electron chi connectivity index (χ2n) is 3.31. The van der Waals surface area contributed by atoms with E-state index in [9.17, 15) is 0 Å². The zero-order valence-electron chi connectivity index (χ0n) is 8.84. The van der Waals surface area contributed by atoms with Crippen molar-refractivity contribution < 1.29 is 0 Å². The summed E-state index contributed by atoms with van der Waals surface area (Å²) in [4.78, 5) is 8.52. The van der Waals surface area contributed by atoms with Crippen molar-refractivity contribution in [2.24, 2.45) is 10.7 Å². The van der Waals surface area contributed by atoms with Crippen LogP contribution in [0.2, 0.25) is 0 Å². The molecule has 0 aliphatic carbocycles. The van der Waals surface area contributed by atoms with Crippen LogP contribution in [0.5, 0.6) is 0 Å². The van der Waals surface area contributed by atoms with Gasteiger partial charge in [0.15, 0.2) is 0 Å². The summed E-state index contributed by atoms with van der Waals surface area (Å²) < 4.78 is 0. The Kier molecular flexibility index (Phi) is 3.66. The highest BCUT2D eigenvalue weighted by molar-refractivity contribution is 7.09. The van der Waals surface area contributed by atoms with Crippen molar-refractivity contribution in [3.8, 4) is 0 Å². The lowest BCUT2D eigenvalue weighted by atomic mass is 10.2. The Balaban J connectivity index is 1.93. The lowest BCUT2D eigenvalue weighted by Gasteiger charge is -1.99. The summed E-state index contributed by atoms with van der Waals surface area (Å²) in [6, 6.07) is 9.80. The molecule has 2 aromatic rings. The minimum absolute atomic E-state index is 0.595. The third kappa shape index (κ3) is 2.90. The van der Waals surface area contributed by atoms with Gasteiger partial charge in [0.05, 0.1) is 5.01 Å². The van der Waals surface area contributed by atoms with Crippen LogP contribution in [-0.2, 0) is 6.42 Å². The SMILES string of the molecule is NC(=NCCc1nccs1)c1ccccc1. The van der Waals surface area contributed by atoms with Gasteiger partial charge < -0.3 is 5.73 Å². The van der Waals surface area contributed by atoms with Crippen molar-refractivity contribution in [3.05, 3.63) is 52.5 Å². The zero-order valence-corrected chi connectivity index (χ0v) is 9.65. The molecule has 0 unspecified atom stereocenters. The molecule has 0 saturated carbocycles. The quantitative estimate of drug-likeness (QED) is 0.647. The van der Waals surface area contributed by atoms with Crippen LogP contribution < -0.4 is 5.73 Å². The van der Waals surface area contributed by atoms with E-state index >= 15 is 0 Å². The Labute approximate surface area is 98.7 Å². The zero-order chi connectivity index (χ0) is 11.2. The van der Waals surface area contributed by atoms with Crippen LogP contribution >= 0.6 is 11.3 Å².